The summed E-state index contributed by atoms with van der Waals surface area (Å²) >= 11 is 5.87. The van der Waals surface area contributed by atoms with Gasteiger partial charge in [0.1, 0.15) is 6.61 Å². The van der Waals surface area contributed by atoms with Crippen LogP contribution in [0.3, 0.4) is 0 Å². The summed E-state index contributed by atoms with van der Waals surface area (Å²) in [6.45, 7) is 1.39. The first-order chi connectivity index (χ1) is 12.3. The van der Waals surface area contributed by atoms with E-state index >= 15 is 0 Å². The van der Waals surface area contributed by atoms with Crippen LogP contribution in [0.2, 0.25) is 0 Å². The van der Waals surface area contributed by atoms with E-state index in [4.69, 9.17) is 15.8 Å². The Kier molecular flexibility index (Phi) is 7.05. The zero-order valence-electron chi connectivity index (χ0n) is 14.6. The molecule has 0 fully saturated rings. The van der Waals surface area contributed by atoms with Gasteiger partial charge in [0.25, 0.3) is 10.1 Å². The molecule has 0 unspecified atom stereocenters. The molecule has 2 aromatic rings. The zero-order chi connectivity index (χ0) is 19.2. The Morgan fingerprint density at radius 3 is 1.88 bits per heavy atom. The molecule has 2 rings (SSSR count). The van der Waals surface area contributed by atoms with Crippen LogP contribution in [-0.2, 0) is 18.9 Å². The standard InChI is InChI=1S/C19H20ClO4PS/c1-16(14-20)13-19(15-24-26(2,22)23)25(21,17-9-5-3-6-10-17)18-11-7-4-8-12-18/h3-12H,14-15H2,1-2H3. The third kappa shape index (κ3) is 5.20. The summed E-state index contributed by atoms with van der Waals surface area (Å²) in [5.41, 5.74) is 3.67. The van der Waals surface area contributed by atoms with Crippen molar-refractivity contribution in [2.75, 3.05) is 18.7 Å². The highest BCUT2D eigenvalue weighted by Gasteiger charge is 2.32. The van der Waals surface area contributed by atoms with Crippen LogP contribution in [0.1, 0.15) is 6.92 Å². The fourth-order valence-corrected chi connectivity index (χ4v) is 5.57. The predicted molar refractivity (Wildman–Crippen MR) is 107 cm³/mol. The van der Waals surface area contributed by atoms with E-state index in [-0.39, 0.29) is 17.8 Å². The third-order valence-electron chi connectivity index (χ3n) is 3.59. The maximum atomic E-state index is 14.3. The van der Waals surface area contributed by atoms with Gasteiger partial charge in [-0.05, 0) is 12.5 Å². The van der Waals surface area contributed by atoms with Crippen LogP contribution in [-0.4, -0.2) is 27.2 Å². The first kappa shape index (κ1) is 20.7. The van der Waals surface area contributed by atoms with Gasteiger partial charge in [-0.25, -0.2) is 0 Å². The molecule has 0 spiro atoms. The van der Waals surface area contributed by atoms with Gasteiger partial charge in [0, 0.05) is 10.6 Å². The maximum absolute atomic E-state index is 14.3. The van der Waals surface area contributed by atoms with Crippen molar-refractivity contribution in [2.45, 2.75) is 6.92 Å². The van der Waals surface area contributed by atoms with Gasteiger partial charge in [0.2, 0.25) is 0 Å². The topological polar surface area (TPSA) is 60.4 Å². The molecule has 26 heavy (non-hydrogen) atoms. The van der Waals surface area contributed by atoms with Gasteiger partial charge in [0.15, 0.2) is 7.14 Å². The quantitative estimate of drug-likeness (QED) is 0.302. The van der Waals surface area contributed by atoms with Crippen LogP contribution in [0, 0.1) is 0 Å². The highest BCUT2D eigenvalue weighted by atomic mass is 35.5. The smallest absolute Gasteiger partial charge is 0.264 e. The molecule has 2 aromatic carbocycles. The fraction of sp³-hybridized carbons (Fsp3) is 0.211. The van der Waals surface area contributed by atoms with E-state index in [1.165, 1.54) is 0 Å². The molecule has 0 aliphatic heterocycles. The van der Waals surface area contributed by atoms with E-state index in [0.29, 0.717) is 16.2 Å². The van der Waals surface area contributed by atoms with Gasteiger partial charge < -0.3 is 4.57 Å². The van der Waals surface area contributed by atoms with Crippen molar-refractivity contribution in [3.8, 4) is 0 Å². The van der Waals surface area contributed by atoms with Crippen LogP contribution >= 0.6 is 18.7 Å². The summed E-state index contributed by atoms with van der Waals surface area (Å²) < 4.78 is 42.2. The second-order valence-electron chi connectivity index (χ2n) is 5.73. The average Bonchev–Trinajstić information content (AvgIpc) is 2.65. The number of halogens is 1. The van der Waals surface area contributed by atoms with Gasteiger partial charge >= 0.3 is 0 Å². The van der Waals surface area contributed by atoms with Crippen LogP contribution in [0.15, 0.2) is 77.3 Å². The van der Waals surface area contributed by atoms with Crippen molar-refractivity contribution in [3.63, 3.8) is 0 Å². The van der Waals surface area contributed by atoms with Crippen molar-refractivity contribution < 1.29 is 17.2 Å². The van der Waals surface area contributed by atoms with E-state index in [0.717, 1.165) is 6.26 Å². The molecular formula is C19H20ClO4PS. The molecule has 0 aliphatic rings. The second kappa shape index (κ2) is 8.85. The Hall–Kier alpha value is -1.61. The van der Waals surface area contributed by atoms with Gasteiger partial charge in [-0.15, -0.1) is 17.3 Å². The number of hydrogen-bond donors (Lipinski definition) is 0. The maximum Gasteiger partial charge on any atom is 0.264 e. The van der Waals surface area contributed by atoms with Crippen molar-refractivity contribution in [2.24, 2.45) is 0 Å². The number of rotatable bonds is 7. The van der Waals surface area contributed by atoms with E-state index in [1.54, 1.807) is 55.5 Å². The summed E-state index contributed by atoms with van der Waals surface area (Å²) in [6.07, 6.45) is 0.957. The molecule has 0 amide bonds. The van der Waals surface area contributed by atoms with E-state index in [1.807, 2.05) is 12.1 Å². The normalized spacial score (nSPS) is 11.7. The molecular weight excluding hydrogens is 391 g/mol. The Morgan fingerprint density at radius 1 is 1.04 bits per heavy atom. The summed E-state index contributed by atoms with van der Waals surface area (Å²) in [5, 5.41) is 1.42. The molecule has 0 radical (unpaired) electrons. The van der Waals surface area contributed by atoms with Gasteiger partial charge in [-0.2, -0.15) is 8.42 Å². The van der Waals surface area contributed by atoms with E-state index in [9.17, 15) is 13.0 Å². The number of benzene rings is 2. The van der Waals surface area contributed by atoms with Gasteiger partial charge in [0.05, 0.1) is 17.4 Å². The molecule has 4 nitrogen and oxygen atoms in total. The molecule has 138 valence electrons. The zero-order valence-corrected chi connectivity index (χ0v) is 17.0. The number of hydrogen-bond acceptors (Lipinski definition) is 4. The Labute approximate surface area is 159 Å². The summed E-state index contributed by atoms with van der Waals surface area (Å²) in [7, 11) is -7.06. The van der Waals surface area contributed by atoms with Crippen LogP contribution in [0.5, 0.6) is 0 Å². The molecule has 0 bridgehead atoms. The average molecular weight is 411 g/mol. The predicted octanol–water partition coefficient (Wildman–Crippen LogP) is 3.64. The Morgan fingerprint density at radius 2 is 1.50 bits per heavy atom. The summed E-state index contributed by atoms with van der Waals surface area (Å²) in [6, 6.07) is 17.8. The highest BCUT2D eigenvalue weighted by Crippen LogP contribution is 2.51. The van der Waals surface area contributed by atoms with E-state index < -0.39 is 17.3 Å². The molecule has 0 heterocycles. The summed E-state index contributed by atoms with van der Waals surface area (Å²) in [4.78, 5) is 0. The van der Waals surface area contributed by atoms with E-state index in [2.05, 4.69) is 5.73 Å². The highest BCUT2D eigenvalue weighted by molar-refractivity contribution is 7.86. The molecule has 7 heteroatoms. The van der Waals surface area contributed by atoms with Crippen molar-refractivity contribution in [1.29, 1.82) is 0 Å². The lowest BCUT2D eigenvalue weighted by atomic mass is 10.3. The minimum atomic E-state index is -3.71. The second-order valence-corrected chi connectivity index (χ2v) is 10.4. The molecule has 0 saturated carbocycles. The first-order valence-corrected chi connectivity index (χ1v) is 11.9. The Balaban J connectivity index is 2.75. The third-order valence-corrected chi connectivity index (χ3v) is 7.59. The molecule has 0 N–H and O–H groups in total. The fourth-order valence-electron chi connectivity index (χ4n) is 2.38. The molecule has 0 saturated heterocycles. The molecule has 0 aliphatic carbocycles. The van der Waals surface area contributed by atoms with Crippen molar-refractivity contribution in [3.05, 3.63) is 77.3 Å². The van der Waals surface area contributed by atoms with Crippen LogP contribution in [0.4, 0.5) is 0 Å². The van der Waals surface area contributed by atoms with Crippen molar-refractivity contribution >= 4 is 39.5 Å². The number of alkyl halides is 1. The lowest BCUT2D eigenvalue weighted by Crippen LogP contribution is -2.20. The van der Waals surface area contributed by atoms with Gasteiger partial charge in [-0.3, -0.25) is 4.18 Å². The largest absolute Gasteiger partial charge is 0.308 e. The van der Waals surface area contributed by atoms with Crippen LogP contribution < -0.4 is 10.6 Å². The lowest BCUT2D eigenvalue weighted by molar-refractivity contribution is 0.358. The van der Waals surface area contributed by atoms with Crippen molar-refractivity contribution in [1.82, 2.24) is 0 Å². The lowest BCUT2D eigenvalue weighted by Gasteiger charge is -2.21. The SMILES string of the molecule is CC(=C=C(COS(C)(=O)=O)P(=O)(c1ccccc1)c1ccccc1)CCl. The summed E-state index contributed by atoms with van der Waals surface area (Å²) in [5.74, 6) is 0.186. The monoisotopic (exact) mass is 410 g/mol. The van der Waals surface area contributed by atoms with Crippen LogP contribution in [0.25, 0.3) is 0 Å². The van der Waals surface area contributed by atoms with Gasteiger partial charge in [-0.1, -0.05) is 60.7 Å². The molecule has 0 atom stereocenters. The molecule has 0 aromatic heterocycles. The first-order valence-electron chi connectivity index (χ1n) is 7.85. The Bertz CT molecular complexity index is 920. The minimum Gasteiger partial charge on any atom is -0.308 e. The minimum absolute atomic E-state index is 0.186.